The molecular weight excluding hydrogens is 420 g/mol. The van der Waals surface area contributed by atoms with Gasteiger partial charge >= 0.3 is 0 Å². The third kappa shape index (κ3) is 4.88. The number of benzene rings is 2. The lowest BCUT2D eigenvalue weighted by atomic mass is 9.93. The second-order valence-corrected chi connectivity index (χ2v) is 8.78. The molecule has 0 amide bonds. The van der Waals surface area contributed by atoms with Gasteiger partial charge in [0, 0.05) is 17.0 Å². The minimum absolute atomic E-state index is 0.0111. The van der Waals surface area contributed by atoms with E-state index in [-0.39, 0.29) is 11.8 Å². The number of thioether (sulfide) groups is 1. The zero-order valence-electron chi connectivity index (χ0n) is 18.7. The molecule has 1 atom stereocenters. The molecule has 1 aliphatic heterocycles. The molecule has 0 fully saturated rings. The number of ether oxygens (including phenoxy) is 1. The molecule has 32 heavy (non-hydrogen) atoms. The van der Waals surface area contributed by atoms with Gasteiger partial charge in [0.25, 0.3) is 0 Å². The maximum absolute atomic E-state index is 12.6. The van der Waals surface area contributed by atoms with Gasteiger partial charge in [-0.25, -0.2) is 4.68 Å². The number of carbonyl (C=O) groups is 1. The van der Waals surface area contributed by atoms with Gasteiger partial charge in [-0.15, -0.1) is 5.10 Å². The van der Waals surface area contributed by atoms with Crippen LogP contribution >= 0.6 is 11.8 Å². The molecule has 6 nitrogen and oxygen atoms in total. The summed E-state index contributed by atoms with van der Waals surface area (Å²) >= 11 is 1.58. The molecule has 1 aliphatic rings. The van der Waals surface area contributed by atoms with Crippen LogP contribution in [0.4, 0.5) is 5.95 Å². The number of rotatable bonds is 9. The lowest BCUT2D eigenvalue weighted by molar-refractivity contribution is -0.114. The Bertz CT molecular complexity index is 1120. The number of carbonyl (C=O) groups excluding carboxylic acids is 1. The Hall–Kier alpha value is -3.06. The third-order valence-corrected chi connectivity index (χ3v) is 6.27. The van der Waals surface area contributed by atoms with E-state index >= 15 is 0 Å². The average molecular weight is 449 g/mol. The van der Waals surface area contributed by atoms with Crippen LogP contribution in [0, 0.1) is 0 Å². The minimum atomic E-state index is -0.350. The molecule has 0 bridgehead atoms. The first-order chi connectivity index (χ1) is 15.6. The summed E-state index contributed by atoms with van der Waals surface area (Å²) in [5.41, 5.74) is 3.66. The topological polar surface area (TPSA) is 69.0 Å². The normalized spacial score (nSPS) is 15.3. The van der Waals surface area contributed by atoms with E-state index in [1.165, 1.54) is 5.56 Å². The van der Waals surface area contributed by atoms with Crippen molar-refractivity contribution in [1.82, 2.24) is 14.8 Å². The predicted molar refractivity (Wildman–Crippen MR) is 128 cm³/mol. The number of hydrogen-bond acceptors (Lipinski definition) is 6. The highest BCUT2D eigenvalue weighted by Crippen LogP contribution is 2.37. The van der Waals surface area contributed by atoms with E-state index in [0.29, 0.717) is 23.3 Å². The van der Waals surface area contributed by atoms with Crippen molar-refractivity contribution in [2.75, 3.05) is 11.9 Å². The highest BCUT2D eigenvalue weighted by molar-refractivity contribution is 7.98. The van der Waals surface area contributed by atoms with Gasteiger partial charge in [0.1, 0.15) is 11.8 Å². The van der Waals surface area contributed by atoms with Crippen molar-refractivity contribution in [3.63, 3.8) is 0 Å². The quantitative estimate of drug-likeness (QED) is 0.338. The maximum Gasteiger partial charge on any atom is 0.227 e. The molecule has 1 N–H and O–H groups in total. The second kappa shape index (κ2) is 10.0. The molecule has 166 valence electrons. The Labute approximate surface area is 193 Å². The van der Waals surface area contributed by atoms with Gasteiger partial charge < -0.3 is 10.1 Å². The summed E-state index contributed by atoms with van der Waals surface area (Å²) in [7, 11) is 0. The van der Waals surface area contributed by atoms with E-state index in [4.69, 9.17) is 14.8 Å². The van der Waals surface area contributed by atoms with Crippen LogP contribution in [0.3, 0.4) is 0 Å². The summed E-state index contributed by atoms with van der Waals surface area (Å²) in [4.78, 5) is 17.3. The lowest BCUT2D eigenvalue weighted by Gasteiger charge is -2.28. The monoisotopic (exact) mass is 448 g/mol. The molecule has 0 saturated carbocycles. The predicted octanol–water partition coefficient (Wildman–Crippen LogP) is 5.63. The number of allylic oxidation sites excluding steroid dienone is 2. The SMILES string of the molecule is CCCCOc1cccc(C2C(C(C)=O)=C(C)Nc3nc(SCc4ccccc4)nn32)c1. The number of nitrogens with zero attached hydrogens (tertiary/aromatic N) is 3. The number of anilines is 1. The standard InChI is InChI=1S/C25H28N4O2S/c1-4-5-14-31-21-13-9-12-20(15-21)23-22(18(3)30)17(2)26-24-27-25(28-29(23)24)32-16-19-10-7-6-8-11-19/h6-13,15,23H,4-5,14,16H2,1-3H3,(H,26,27,28). The number of nitrogens with one attached hydrogen (secondary N) is 1. The van der Waals surface area contributed by atoms with Crippen molar-refractivity contribution >= 4 is 23.5 Å². The summed E-state index contributed by atoms with van der Waals surface area (Å²) in [5, 5.41) is 8.72. The Balaban J connectivity index is 1.65. The first-order valence-corrected chi connectivity index (χ1v) is 11.9. The van der Waals surface area contributed by atoms with E-state index in [9.17, 15) is 4.79 Å². The fraction of sp³-hybridized carbons (Fsp3) is 0.320. The Kier molecular flexibility index (Phi) is 6.95. The van der Waals surface area contributed by atoms with Gasteiger partial charge in [-0.3, -0.25) is 4.79 Å². The molecular formula is C25H28N4O2S. The molecule has 7 heteroatoms. The van der Waals surface area contributed by atoms with Crippen LogP contribution in [0.15, 0.2) is 71.0 Å². The first kappa shape index (κ1) is 22.1. The zero-order chi connectivity index (χ0) is 22.5. The van der Waals surface area contributed by atoms with Crippen molar-refractivity contribution in [3.8, 4) is 5.75 Å². The Morgan fingerprint density at radius 3 is 2.75 bits per heavy atom. The molecule has 0 radical (unpaired) electrons. The van der Waals surface area contributed by atoms with Gasteiger partial charge in [-0.1, -0.05) is 67.6 Å². The molecule has 0 spiro atoms. The number of hydrogen-bond donors (Lipinski definition) is 1. The fourth-order valence-electron chi connectivity index (χ4n) is 3.79. The van der Waals surface area contributed by atoms with Gasteiger partial charge in [0.15, 0.2) is 5.78 Å². The number of Topliss-reactive ketones (excluding diaryl/α,β-unsaturated/α-hetero) is 1. The zero-order valence-corrected chi connectivity index (χ0v) is 19.5. The Morgan fingerprint density at radius 2 is 2.00 bits per heavy atom. The molecule has 1 unspecified atom stereocenters. The lowest BCUT2D eigenvalue weighted by Crippen LogP contribution is -2.27. The van der Waals surface area contributed by atoms with Crippen LogP contribution in [0.25, 0.3) is 0 Å². The minimum Gasteiger partial charge on any atom is -0.494 e. The summed E-state index contributed by atoms with van der Waals surface area (Å²) in [5.74, 6) is 2.24. The van der Waals surface area contributed by atoms with Crippen molar-refractivity contribution in [1.29, 1.82) is 0 Å². The fourth-order valence-corrected chi connectivity index (χ4v) is 4.57. The van der Waals surface area contributed by atoms with E-state index in [0.717, 1.165) is 35.6 Å². The van der Waals surface area contributed by atoms with E-state index in [1.807, 2.05) is 54.1 Å². The van der Waals surface area contributed by atoms with Gasteiger partial charge in [-0.05, 0) is 43.5 Å². The molecule has 0 aliphatic carbocycles. The van der Waals surface area contributed by atoms with E-state index in [2.05, 4.69) is 24.4 Å². The third-order valence-electron chi connectivity index (χ3n) is 5.36. The summed E-state index contributed by atoms with van der Waals surface area (Å²) < 4.78 is 7.74. The summed E-state index contributed by atoms with van der Waals surface area (Å²) in [6.07, 6.45) is 2.08. The number of unbranched alkanes of at least 4 members (excludes halogenated alkanes) is 1. The smallest absolute Gasteiger partial charge is 0.227 e. The summed E-state index contributed by atoms with van der Waals surface area (Å²) in [6.45, 7) is 6.33. The number of fused-ring (bicyclic) bond motifs is 1. The van der Waals surface area contributed by atoms with E-state index in [1.54, 1.807) is 18.7 Å². The van der Waals surface area contributed by atoms with Crippen molar-refractivity contribution in [3.05, 3.63) is 77.0 Å². The van der Waals surface area contributed by atoms with Crippen LogP contribution in [0.1, 0.15) is 50.8 Å². The molecule has 1 aromatic heterocycles. The van der Waals surface area contributed by atoms with Crippen LogP contribution in [0.2, 0.25) is 0 Å². The molecule has 4 rings (SSSR count). The van der Waals surface area contributed by atoms with Gasteiger partial charge in [-0.2, -0.15) is 4.98 Å². The van der Waals surface area contributed by atoms with E-state index < -0.39 is 0 Å². The number of ketones is 1. The van der Waals surface area contributed by atoms with Crippen molar-refractivity contribution < 1.29 is 9.53 Å². The molecule has 2 heterocycles. The van der Waals surface area contributed by atoms with Crippen molar-refractivity contribution in [2.24, 2.45) is 0 Å². The largest absolute Gasteiger partial charge is 0.494 e. The van der Waals surface area contributed by atoms with Crippen LogP contribution in [-0.4, -0.2) is 27.2 Å². The average Bonchev–Trinajstić information content (AvgIpc) is 3.20. The molecule has 0 saturated heterocycles. The Morgan fingerprint density at radius 1 is 1.19 bits per heavy atom. The first-order valence-electron chi connectivity index (χ1n) is 10.9. The maximum atomic E-state index is 12.6. The highest BCUT2D eigenvalue weighted by atomic mass is 32.2. The van der Waals surface area contributed by atoms with Gasteiger partial charge in [0.2, 0.25) is 11.1 Å². The number of aromatic nitrogens is 3. The molecule has 2 aromatic carbocycles. The summed E-state index contributed by atoms with van der Waals surface area (Å²) in [6, 6.07) is 17.8. The van der Waals surface area contributed by atoms with Crippen LogP contribution in [-0.2, 0) is 10.5 Å². The highest BCUT2D eigenvalue weighted by Gasteiger charge is 2.32. The van der Waals surface area contributed by atoms with Crippen molar-refractivity contribution in [2.45, 2.75) is 50.6 Å². The second-order valence-electron chi connectivity index (χ2n) is 7.83. The van der Waals surface area contributed by atoms with Gasteiger partial charge in [0.05, 0.1) is 6.61 Å². The van der Waals surface area contributed by atoms with Crippen LogP contribution < -0.4 is 10.1 Å². The molecule has 3 aromatic rings. The van der Waals surface area contributed by atoms with Crippen LogP contribution in [0.5, 0.6) is 5.75 Å².